The number of para-hydroxylation sites is 1. The smallest absolute Gasteiger partial charge is 0.257 e. The Labute approximate surface area is 197 Å². The van der Waals surface area contributed by atoms with Crippen LogP contribution in [0.5, 0.6) is 17.2 Å². The van der Waals surface area contributed by atoms with Gasteiger partial charge in [-0.1, -0.05) is 43.5 Å². The quantitative estimate of drug-likeness (QED) is 0.404. The Balaban J connectivity index is 1.25. The number of hydrogen-bond donors (Lipinski definition) is 2. The van der Waals surface area contributed by atoms with E-state index >= 15 is 0 Å². The Bertz CT molecular complexity index is 1160. The number of benzene rings is 2. The highest BCUT2D eigenvalue weighted by Crippen LogP contribution is 2.39. The third-order valence-corrected chi connectivity index (χ3v) is 6.21. The molecule has 34 heavy (non-hydrogen) atoms. The zero-order valence-electron chi connectivity index (χ0n) is 18.8. The molecular formula is C25H27N5O4. The number of carbonyl (C=O) groups excluding carboxylic acids is 1. The molecule has 0 bridgehead atoms. The van der Waals surface area contributed by atoms with Crippen LogP contribution in [0.4, 0.5) is 0 Å². The number of ketones is 1. The molecule has 1 aliphatic heterocycles. The fourth-order valence-corrected chi connectivity index (χ4v) is 4.28. The molecule has 1 aliphatic carbocycles. The third-order valence-electron chi connectivity index (χ3n) is 6.21. The molecule has 9 nitrogen and oxygen atoms in total. The lowest BCUT2D eigenvalue weighted by atomic mass is 9.90. The second-order valence-corrected chi connectivity index (χ2v) is 8.73. The summed E-state index contributed by atoms with van der Waals surface area (Å²) in [6, 6.07) is 12.8. The van der Waals surface area contributed by atoms with Gasteiger partial charge in [0.25, 0.3) is 5.72 Å². The first-order valence-electron chi connectivity index (χ1n) is 11.5. The number of allylic oxidation sites excluding steroid dienone is 1. The largest absolute Gasteiger partial charge is 0.493 e. The van der Waals surface area contributed by atoms with E-state index in [1.807, 2.05) is 24.3 Å². The molecule has 3 N–H and O–H groups in total. The van der Waals surface area contributed by atoms with E-state index in [1.54, 1.807) is 24.3 Å². The molecule has 0 radical (unpaired) electrons. The maximum absolute atomic E-state index is 13.0. The normalized spacial score (nSPS) is 20.4. The molecule has 1 fully saturated rings. The Morgan fingerprint density at radius 3 is 2.76 bits per heavy atom. The van der Waals surface area contributed by atoms with Crippen molar-refractivity contribution in [3.63, 3.8) is 0 Å². The minimum absolute atomic E-state index is 0.0117. The van der Waals surface area contributed by atoms with Gasteiger partial charge in [0.15, 0.2) is 17.3 Å². The van der Waals surface area contributed by atoms with Gasteiger partial charge in [-0.05, 0) is 59.9 Å². The maximum Gasteiger partial charge on any atom is 0.257 e. The molecule has 176 valence electrons. The van der Waals surface area contributed by atoms with Gasteiger partial charge < -0.3 is 14.2 Å². The van der Waals surface area contributed by atoms with Gasteiger partial charge in [0, 0.05) is 0 Å². The number of fused-ring (bicyclic) bond motifs is 1. The van der Waals surface area contributed by atoms with Gasteiger partial charge >= 0.3 is 0 Å². The number of nitrogens with two attached hydrogens (primary N) is 1. The van der Waals surface area contributed by atoms with Gasteiger partial charge in [-0.2, -0.15) is 5.21 Å². The van der Waals surface area contributed by atoms with Gasteiger partial charge in [0.2, 0.25) is 5.82 Å². The summed E-state index contributed by atoms with van der Waals surface area (Å²) in [5, 5.41) is 13.7. The average molecular weight is 462 g/mol. The molecule has 0 spiro atoms. The second kappa shape index (κ2) is 9.64. The number of hydrogen-bond acceptors (Lipinski definition) is 8. The van der Waals surface area contributed by atoms with Crippen LogP contribution in [0.15, 0.2) is 48.5 Å². The van der Waals surface area contributed by atoms with Crippen molar-refractivity contribution in [2.75, 3.05) is 13.2 Å². The van der Waals surface area contributed by atoms with Crippen LogP contribution in [-0.2, 0) is 5.72 Å². The third kappa shape index (κ3) is 4.79. The van der Waals surface area contributed by atoms with Gasteiger partial charge in [-0.15, -0.1) is 10.2 Å². The molecule has 2 aromatic carbocycles. The van der Waals surface area contributed by atoms with E-state index in [2.05, 4.69) is 20.6 Å². The van der Waals surface area contributed by atoms with Gasteiger partial charge in [-0.3, -0.25) is 10.5 Å². The summed E-state index contributed by atoms with van der Waals surface area (Å²) in [4.78, 5) is 13.0. The molecule has 0 amide bonds. The van der Waals surface area contributed by atoms with E-state index in [0.29, 0.717) is 17.2 Å². The van der Waals surface area contributed by atoms with Crippen molar-refractivity contribution >= 4 is 11.9 Å². The summed E-state index contributed by atoms with van der Waals surface area (Å²) >= 11 is 0. The van der Waals surface area contributed by atoms with Crippen LogP contribution >= 0.6 is 0 Å². The summed E-state index contributed by atoms with van der Waals surface area (Å²) in [5.74, 6) is 2.08. The molecule has 3 aromatic rings. The number of H-pyrrole nitrogens is 1. The van der Waals surface area contributed by atoms with E-state index < -0.39 is 5.72 Å². The zero-order chi connectivity index (χ0) is 23.4. The maximum atomic E-state index is 13.0. The number of aromatic amines is 1. The number of tetrazole rings is 1. The summed E-state index contributed by atoms with van der Waals surface area (Å²) in [5.41, 5.74) is 6.06. The molecular weight excluding hydrogens is 434 g/mol. The van der Waals surface area contributed by atoms with Crippen molar-refractivity contribution in [1.82, 2.24) is 20.6 Å². The van der Waals surface area contributed by atoms with E-state index in [1.165, 1.54) is 38.2 Å². The van der Waals surface area contributed by atoms with Gasteiger partial charge in [-0.25, -0.2) is 0 Å². The second-order valence-electron chi connectivity index (χ2n) is 8.73. The SMILES string of the molecule is NC1(c2nn[nH]n2)COc2cccc(C(=O)C=Cc3ccc(OCC4CCCCC4)cc3)c2O1. The molecule has 5 rings (SSSR count). The van der Waals surface area contributed by atoms with Crippen molar-refractivity contribution in [2.45, 2.75) is 37.8 Å². The van der Waals surface area contributed by atoms with Gasteiger partial charge in [0.05, 0.1) is 12.2 Å². The van der Waals surface area contributed by atoms with Crippen LogP contribution in [0, 0.1) is 5.92 Å². The lowest BCUT2D eigenvalue weighted by Gasteiger charge is -2.33. The minimum atomic E-state index is -1.45. The predicted octanol–water partition coefficient (Wildman–Crippen LogP) is 3.64. The molecule has 1 unspecified atom stereocenters. The van der Waals surface area contributed by atoms with E-state index in [9.17, 15) is 4.79 Å². The summed E-state index contributed by atoms with van der Waals surface area (Å²) in [7, 11) is 0. The molecule has 2 aliphatic rings. The molecule has 9 heteroatoms. The Kier molecular flexibility index (Phi) is 6.27. The van der Waals surface area contributed by atoms with Crippen LogP contribution in [0.2, 0.25) is 0 Å². The predicted molar refractivity (Wildman–Crippen MR) is 124 cm³/mol. The molecule has 1 atom stereocenters. The lowest BCUT2D eigenvalue weighted by Crippen LogP contribution is -2.51. The first-order valence-corrected chi connectivity index (χ1v) is 11.5. The number of nitrogens with one attached hydrogen (secondary N) is 1. The highest BCUT2D eigenvalue weighted by atomic mass is 16.6. The van der Waals surface area contributed by atoms with E-state index in [4.69, 9.17) is 19.9 Å². The fraction of sp³-hybridized carbons (Fsp3) is 0.360. The highest BCUT2D eigenvalue weighted by Gasteiger charge is 2.41. The van der Waals surface area contributed by atoms with Crippen molar-refractivity contribution < 1.29 is 19.0 Å². The number of carbonyl (C=O) groups is 1. The Morgan fingerprint density at radius 1 is 1.18 bits per heavy atom. The van der Waals surface area contributed by atoms with Crippen LogP contribution in [0.3, 0.4) is 0 Å². The first-order chi connectivity index (χ1) is 16.6. The minimum Gasteiger partial charge on any atom is -0.493 e. The van der Waals surface area contributed by atoms with Crippen LogP contribution < -0.4 is 19.9 Å². The average Bonchev–Trinajstić information content (AvgIpc) is 3.43. The monoisotopic (exact) mass is 461 g/mol. The molecule has 2 heterocycles. The summed E-state index contributed by atoms with van der Waals surface area (Å²) < 4.78 is 17.6. The topological polar surface area (TPSA) is 125 Å². The standard InChI is InChI=1S/C25H27N5O4/c26-25(24-27-29-30-28-24)16-33-22-8-4-7-20(23(22)34-25)21(31)14-11-17-9-12-19(13-10-17)32-15-18-5-2-1-3-6-18/h4,7-14,18H,1-3,5-6,15-16,26H2,(H,27,28,29,30). The molecule has 1 saturated carbocycles. The van der Waals surface area contributed by atoms with E-state index in [-0.39, 0.29) is 24.0 Å². The number of nitrogens with zero attached hydrogens (tertiary/aromatic N) is 3. The zero-order valence-corrected chi connectivity index (χ0v) is 18.8. The van der Waals surface area contributed by atoms with Crippen LogP contribution in [-0.4, -0.2) is 39.6 Å². The van der Waals surface area contributed by atoms with E-state index in [0.717, 1.165) is 17.9 Å². The van der Waals surface area contributed by atoms with Crippen molar-refractivity contribution in [2.24, 2.45) is 11.7 Å². The van der Waals surface area contributed by atoms with Crippen molar-refractivity contribution in [1.29, 1.82) is 0 Å². The van der Waals surface area contributed by atoms with Crippen molar-refractivity contribution in [3.05, 3.63) is 65.5 Å². The van der Waals surface area contributed by atoms with Gasteiger partial charge in [0.1, 0.15) is 12.4 Å². The molecule has 1 aromatic heterocycles. The summed E-state index contributed by atoms with van der Waals surface area (Å²) in [6.07, 6.45) is 9.70. The van der Waals surface area contributed by atoms with Crippen LogP contribution in [0.25, 0.3) is 6.08 Å². The Hall–Kier alpha value is -3.72. The Morgan fingerprint density at radius 2 is 2.00 bits per heavy atom. The number of aromatic nitrogens is 4. The first kappa shape index (κ1) is 22.1. The fourth-order valence-electron chi connectivity index (χ4n) is 4.28. The van der Waals surface area contributed by atoms with Crippen LogP contribution in [0.1, 0.15) is 53.8 Å². The lowest BCUT2D eigenvalue weighted by molar-refractivity contribution is -0.0154. The van der Waals surface area contributed by atoms with Crippen molar-refractivity contribution in [3.8, 4) is 17.2 Å². The summed E-state index contributed by atoms with van der Waals surface area (Å²) in [6.45, 7) is 0.754. The number of ether oxygens (including phenoxy) is 3. The number of rotatable bonds is 7. The highest BCUT2D eigenvalue weighted by molar-refractivity contribution is 6.09. The molecule has 0 saturated heterocycles.